The van der Waals surface area contributed by atoms with Gasteiger partial charge in [0.2, 0.25) is 5.91 Å². The lowest BCUT2D eigenvalue weighted by Crippen LogP contribution is -2.73. The van der Waals surface area contributed by atoms with Gasteiger partial charge in [-0.25, -0.2) is 0 Å². The molecule has 0 aromatic heterocycles. The van der Waals surface area contributed by atoms with E-state index in [1.54, 1.807) is 12.1 Å². The van der Waals surface area contributed by atoms with Crippen molar-refractivity contribution in [3.8, 4) is 5.75 Å². The average molecular weight is 490 g/mol. The normalized spacial score (nSPS) is 32.1. The first kappa shape index (κ1) is 23.5. The molecule has 7 heteroatoms. The Kier molecular flexibility index (Phi) is 5.61. The van der Waals surface area contributed by atoms with E-state index in [2.05, 4.69) is 21.9 Å². The lowest BCUT2D eigenvalue weighted by atomic mass is 9.47. The number of carbonyl (C=O) groups is 2. The van der Waals surface area contributed by atoms with E-state index in [0.717, 1.165) is 30.8 Å². The summed E-state index contributed by atoms with van der Waals surface area (Å²) in [5.74, 6) is -0.235. The first-order chi connectivity index (χ1) is 17.3. The number of aromatic hydroxyl groups is 1. The minimum atomic E-state index is -1.11. The summed E-state index contributed by atoms with van der Waals surface area (Å²) in [4.78, 5) is 33.2. The van der Waals surface area contributed by atoms with Crippen LogP contribution in [0.1, 0.15) is 36.8 Å². The number of likely N-dealkylation sites (N-methyl/N-ethyl adjacent to an activating group) is 1. The summed E-state index contributed by atoms with van der Waals surface area (Å²) in [6.07, 6.45) is 2.03. The molecule has 2 aromatic carbocycles. The molecular weight excluding hydrogens is 454 g/mol. The first-order valence-electron chi connectivity index (χ1n) is 13.2. The van der Waals surface area contributed by atoms with Crippen LogP contribution in [-0.4, -0.2) is 83.1 Å². The Balaban J connectivity index is 1.20. The Morgan fingerprint density at radius 3 is 2.56 bits per heavy atom. The van der Waals surface area contributed by atoms with Gasteiger partial charge in [0.05, 0.1) is 5.60 Å². The molecule has 2 N–H and O–H groups in total. The van der Waals surface area contributed by atoms with Gasteiger partial charge in [-0.1, -0.05) is 24.3 Å². The molecule has 3 fully saturated rings. The molecule has 2 aliphatic carbocycles. The number of amides is 1. The highest BCUT2D eigenvalue weighted by Crippen LogP contribution is 2.58. The maximum Gasteiger partial charge on any atom is 0.223 e. The number of para-hydroxylation sites is 1. The lowest BCUT2D eigenvalue weighted by Gasteiger charge is -2.63. The molecule has 7 nitrogen and oxygen atoms in total. The summed E-state index contributed by atoms with van der Waals surface area (Å²) >= 11 is 0. The maximum absolute atomic E-state index is 13.6. The highest BCUT2D eigenvalue weighted by Gasteiger charge is 2.66. The van der Waals surface area contributed by atoms with E-state index in [4.69, 9.17) is 0 Å². The number of phenols is 1. The van der Waals surface area contributed by atoms with Crippen molar-refractivity contribution >= 4 is 17.4 Å². The monoisotopic (exact) mass is 489 g/mol. The van der Waals surface area contributed by atoms with Gasteiger partial charge in [-0.15, -0.1) is 0 Å². The van der Waals surface area contributed by atoms with Crippen LogP contribution in [0, 0.1) is 5.92 Å². The molecule has 0 radical (unpaired) electrons. The van der Waals surface area contributed by atoms with Crippen molar-refractivity contribution in [3.05, 3.63) is 59.7 Å². The number of ketones is 1. The Bertz CT molecular complexity index is 1180. The smallest absolute Gasteiger partial charge is 0.223 e. The summed E-state index contributed by atoms with van der Waals surface area (Å²) in [7, 11) is 2.04. The number of rotatable bonds is 3. The van der Waals surface area contributed by atoms with Gasteiger partial charge in [0.25, 0.3) is 0 Å². The first-order valence-corrected chi connectivity index (χ1v) is 13.2. The van der Waals surface area contributed by atoms with Crippen molar-refractivity contribution in [1.82, 2.24) is 9.80 Å². The molecule has 1 saturated carbocycles. The van der Waals surface area contributed by atoms with Crippen LogP contribution >= 0.6 is 0 Å². The molecule has 2 heterocycles. The molecule has 4 aliphatic rings. The summed E-state index contributed by atoms with van der Waals surface area (Å²) in [5.41, 5.74) is 1.39. The van der Waals surface area contributed by atoms with Crippen LogP contribution in [0.4, 0.5) is 5.69 Å². The summed E-state index contributed by atoms with van der Waals surface area (Å²) < 4.78 is 0. The van der Waals surface area contributed by atoms with Crippen LogP contribution in [0.15, 0.2) is 48.5 Å². The molecule has 2 saturated heterocycles. The minimum Gasteiger partial charge on any atom is -0.508 e. The number of nitrogens with zero attached hydrogens (tertiary/aromatic N) is 3. The standard InChI is InChI=1S/C29H35N3O4/c1-30-10-9-28-19-25(34)21(18-29(28,36)26(30)15-20-7-8-23(33)17-24(20)28)16-27(35)32-13-11-31(12-14-32)22-5-3-2-4-6-22/h2-8,17,21,26,33,36H,9-16,18-19H2,1H3/t21-,26+,28+,29+/m0/s1. The Hall–Kier alpha value is -2.90. The fraction of sp³-hybridized carbons (Fsp3) is 0.517. The highest BCUT2D eigenvalue weighted by molar-refractivity contribution is 5.89. The quantitative estimate of drug-likeness (QED) is 0.689. The van der Waals surface area contributed by atoms with Crippen LogP contribution in [0.5, 0.6) is 5.75 Å². The topological polar surface area (TPSA) is 84.3 Å². The zero-order valence-corrected chi connectivity index (χ0v) is 20.9. The van der Waals surface area contributed by atoms with Crippen LogP contribution in [0.2, 0.25) is 0 Å². The van der Waals surface area contributed by atoms with E-state index in [-0.39, 0.29) is 36.3 Å². The number of Topliss-reactive ketones (excluding diaryl/α,β-unsaturated/α-hetero) is 1. The number of hydrogen-bond donors (Lipinski definition) is 2. The van der Waals surface area contributed by atoms with Gasteiger partial charge in [0.1, 0.15) is 11.5 Å². The second-order valence-corrected chi connectivity index (χ2v) is 11.2. The van der Waals surface area contributed by atoms with Crippen molar-refractivity contribution < 1.29 is 19.8 Å². The number of piperidine rings is 1. The largest absolute Gasteiger partial charge is 0.508 e. The van der Waals surface area contributed by atoms with E-state index < -0.39 is 16.9 Å². The van der Waals surface area contributed by atoms with E-state index >= 15 is 0 Å². The Labute approximate surface area is 212 Å². The molecular formula is C29H35N3O4. The summed E-state index contributed by atoms with van der Waals surface area (Å²) in [6.45, 7) is 3.62. The third-order valence-corrected chi connectivity index (χ3v) is 9.49. The Morgan fingerprint density at radius 2 is 1.81 bits per heavy atom. The number of likely N-dealkylation sites (tertiary alicyclic amines) is 1. The second-order valence-electron chi connectivity index (χ2n) is 11.2. The van der Waals surface area contributed by atoms with Crippen LogP contribution < -0.4 is 4.90 Å². The molecule has 0 spiro atoms. The fourth-order valence-corrected chi connectivity index (χ4v) is 7.49. The molecule has 2 aromatic rings. The van der Waals surface area contributed by atoms with Crippen molar-refractivity contribution in [3.63, 3.8) is 0 Å². The van der Waals surface area contributed by atoms with Crippen LogP contribution in [0.25, 0.3) is 0 Å². The molecule has 190 valence electrons. The van der Waals surface area contributed by atoms with E-state index in [9.17, 15) is 19.8 Å². The van der Waals surface area contributed by atoms with E-state index in [1.807, 2.05) is 36.2 Å². The van der Waals surface area contributed by atoms with Crippen molar-refractivity contribution in [2.75, 3.05) is 44.7 Å². The van der Waals surface area contributed by atoms with Gasteiger partial charge in [-0.05, 0) is 68.2 Å². The number of aliphatic hydroxyl groups is 1. The van der Waals surface area contributed by atoms with E-state index in [0.29, 0.717) is 32.4 Å². The number of hydrogen-bond acceptors (Lipinski definition) is 6. The summed E-state index contributed by atoms with van der Waals surface area (Å²) in [5, 5.41) is 22.6. The van der Waals surface area contributed by atoms with Gasteiger partial charge < -0.3 is 24.9 Å². The second kappa shape index (κ2) is 8.60. The third-order valence-electron chi connectivity index (χ3n) is 9.49. The molecule has 2 aliphatic heterocycles. The molecule has 1 amide bonds. The SMILES string of the molecule is CN1CC[C@]23CC(=O)[C@@H](CC(=O)N4CCN(c5ccccc5)CC4)C[C@@]2(O)[C@H]1Cc1ccc(O)cc13. The predicted octanol–water partition coefficient (Wildman–Crippen LogP) is 2.34. The predicted molar refractivity (Wildman–Crippen MR) is 137 cm³/mol. The maximum atomic E-state index is 13.6. The van der Waals surface area contributed by atoms with Crippen LogP contribution in [0.3, 0.4) is 0 Å². The van der Waals surface area contributed by atoms with Crippen molar-refractivity contribution in [2.45, 2.75) is 49.2 Å². The number of carbonyl (C=O) groups excluding carboxylic acids is 2. The fourth-order valence-electron chi connectivity index (χ4n) is 7.49. The number of phenolic OH excluding ortho intramolecular Hbond substituents is 1. The van der Waals surface area contributed by atoms with Crippen molar-refractivity contribution in [1.29, 1.82) is 0 Å². The zero-order valence-electron chi connectivity index (χ0n) is 20.9. The lowest BCUT2D eigenvalue weighted by molar-refractivity contribution is -0.179. The molecule has 6 rings (SSSR count). The zero-order chi connectivity index (χ0) is 25.1. The number of anilines is 1. The number of piperazine rings is 1. The van der Waals surface area contributed by atoms with Gasteiger partial charge in [0.15, 0.2) is 0 Å². The Morgan fingerprint density at radius 1 is 1.06 bits per heavy atom. The molecule has 2 bridgehead atoms. The minimum absolute atomic E-state index is 0.00739. The van der Waals surface area contributed by atoms with Gasteiger partial charge >= 0.3 is 0 Å². The third kappa shape index (κ3) is 3.55. The van der Waals surface area contributed by atoms with Crippen LogP contribution in [-0.2, 0) is 21.4 Å². The summed E-state index contributed by atoms with van der Waals surface area (Å²) in [6, 6.07) is 15.5. The van der Waals surface area contributed by atoms with Gasteiger partial charge in [0, 0.05) is 62.1 Å². The average Bonchev–Trinajstić information content (AvgIpc) is 2.88. The number of benzene rings is 2. The van der Waals surface area contributed by atoms with Crippen molar-refractivity contribution in [2.24, 2.45) is 5.92 Å². The van der Waals surface area contributed by atoms with Gasteiger partial charge in [-0.2, -0.15) is 0 Å². The van der Waals surface area contributed by atoms with E-state index in [1.165, 1.54) is 5.69 Å². The molecule has 36 heavy (non-hydrogen) atoms. The molecule has 4 atom stereocenters. The molecule has 0 unspecified atom stereocenters. The highest BCUT2D eigenvalue weighted by atomic mass is 16.3. The number of fused-ring (bicyclic) bond motifs is 1. The van der Waals surface area contributed by atoms with Gasteiger partial charge in [-0.3, -0.25) is 9.59 Å².